The highest BCUT2D eigenvalue weighted by Gasteiger charge is 2.26. The van der Waals surface area contributed by atoms with Gasteiger partial charge in [-0.15, -0.1) is 0 Å². The molecule has 0 spiro atoms. The first-order chi connectivity index (χ1) is 16.4. The fourth-order valence-corrected chi connectivity index (χ4v) is 5.01. The van der Waals surface area contributed by atoms with Crippen LogP contribution < -0.4 is 14.9 Å². The highest BCUT2D eigenvalue weighted by molar-refractivity contribution is 7.89. The normalized spacial score (nSPS) is 15.0. The molecule has 1 amide bonds. The third kappa shape index (κ3) is 6.22. The number of morpholine rings is 1. The van der Waals surface area contributed by atoms with E-state index in [4.69, 9.17) is 4.74 Å². The Morgan fingerprint density at radius 3 is 2.24 bits per heavy atom. The molecule has 1 aliphatic heterocycles. The zero-order valence-electron chi connectivity index (χ0n) is 19.1. The number of sulfonamides is 1. The minimum atomic E-state index is -3.88. The lowest BCUT2D eigenvalue weighted by molar-refractivity contribution is -0.117. The van der Waals surface area contributed by atoms with Crippen LogP contribution in [-0.2, 0) is 26.0 Å². The van der Waals surface area contributed by atoms with Crippen molar-refractivity contribution in [2.75, 3.05) is 36.5 Å². The molecule has 1 fully saturated rings. The number of anilines is 2. The minimum absolute atomic E-state index is 0.124. The maximum absolute atomic E-state index is 13.2. The molecule has 3 aromatic carbocycles. The summed E-state index contributed by atoms with van der Waals surface area (Å²) in [6.07, 6.45) is 0.226. The van der Waals surface area contributed by atoms with E-state index >= 15 is 0 Å². The molecule has 1 heterocycles. The number of aryl methyl sites for hydroxylation is 1. The fourth-order valence-electron chi connectivity index (χ4n) is 3.82. The molecule has 0 bridgehead atoms. The highest BCUT2D eigenvalue weighted by Crippen LogP contribution is 2.20. The molecule has 0 saturated carbocycles. The van der Waals surface area contributed by atoms with Gasteiger partial charge in [0, 0.05) is 24.5 Å². The van der Waals surface area contributed by atoms with Crippen molar-refractivity contribution in [3.63, 3.8) is 0 Å². The summed E-state index contributed by atoms with van der Waals surface area (Å²) in [5, 5.41) is 2.87. The van der Waals surface area contributed by atoms with Crippen LogP contribution >= 0.6 is 0 Å². The number of carbonyl (C=O) groups excluding carboxylic acids is 1. The first kappa shape index (κ1) is 23.9. The van der Waals surface area contributed by atoms with E-state index in [-0.39, 0.29) is 11.3 Å². The summed E-state index contributed by atoms with van der Waals surface area (Å²) in [5.41, 5.74) is 3.48. The van der Waals surface area contributed by atoms with Gasteiger partial charge in [-0.1, -0.05) is 48.0 Å². The second kappa shape index (κ2) is 10.8. The van der Waals surface area contributed by atoms with Gasteiger partial charge in [-0.25, -0.2) is 8.42 Å². The lowest BCUT2D eigenvalue weighted by atomic mass is 10.1. The standard InChI is InChI=1S/C26H29N3O4S/c1-20-7-13-24(14-8-20)34(31,32)28-25(19-21-5-3-2-4-6-21)26(30)27-22-9-11-23(12-10-22)29-15-17-33-18-16-29/h2-14,25,28H,15-19H2,1H3,(H,27,30). The van der Waals surface area contributed by atoms with E-state index in [1.807, 2.05) is 61.5 Å². The van der Waals surface area contributed by atoms with Crippen molar-refractivity contribution in [1.29, 1.82) is 0 Å². The third-order valence-corrected chi connectivity index (χ3v) is 7.23. The van der Waals surface area contributed by atoms with Crippen molar-refractivity contribution in [3.05, 3.63) is 90.0 Å². The number of rotatable bonds is 8. The van der Waals surface area contributed by atoms with Gasteiger partial charge in [0.1, 0.15) is 6.04 Å². The number of benzene rings is 3. The van der Waals surface area contributed by atoms with Crippen molar-refractivity contribution in [1.82, 2.24) is 4.72 Å². The number of nitrogens with zero attached hydrogens (tertiary/aromatic N) is 1. The molecule has 8 heteroatoms. The van der Waals surface area contributed by atoms with Gasteiger partial charge in [-0.05, 0) is 55.3 Å². The van der Waals surface area contributed by atoms with Gasteiger partial charge in [-0.3, -0.25) is 4.79 Å². The number of hydrogen-bond acceptors (Lipinski definition) is 5. The molecule has 178 valence electrons. The fraction of sp³-hybridized carbons (Fsp3) is 0.269. The maximum atomic E-state index is 13.2. The van der Waals surface area contributed by atoms with Crippen LogP contribution in [0.15, 0.2) is 83.8 Å². The summed E-state index contributed by atoms with van der Waals surface area (Å²) in [4.78, 5) is 15.6. The Bertz CT molecular complexity index is 1190. The molecule has 7 nitrogen and oxygen atoms in total. The van der Waals surface area contributed by atoms with Crippen LogP contribution in [0.4, 0.5) is 11.4 Å². The molecule has 0 aliphatic carbocycles. The van der Waals surface area contributed by atoms with Gasteiger partial charge in [0.25, 0.3) is 0 Å². The van der Waals surface area contributed by atoms with E-state index in [0.29, 0.717) is 18.9 Å². The summed E-state index contributed by atoms with van der Waals surface area (Å²) in [5.74, 6) is -0.418. The Morgan fingerprint density at radius 2 is 1.59 bits per heavy atom. The van der Waals surface area contributed by atoms with Gasteiger partial charge in [0.15, 0.2) is 0 Å². The number of carbonyl (C=O) groups is 1. The van der Waals surface area contributed by atoms with Crippen LogP contribution in [0, 0.1) is 6.92 Å². The quantitative estimate of drug-likeness (QED) is 0.517. The van der Waals surface area contributed by atoms with Crippen molar-refractivity contribution in [2.45, 2.75) is 24.3 Å². The molecule has 2 N–H and O–H groups in total. The molecule has 34 heavy (non-hydrogen) atoms. The van der Waals surface area contributed by atoms with Crippen LogP contribution in [0.25, 0.3) is 0 Å². The van der Waals surface area contributed by atoms with Crippen LogP contribution in [0.5, 0.6) is 0 Å². The van der Waals surface area contributed by atoms with E-state index in [1.165, 1.54) is 0 Å². The second-order valence-electron chi connectivity index (χ2n) is 8.31. The summed E-state index contributed by atoms with van der Waals surface area (Å²) < 4.78 is 34.0. The summed E-state index contributed by atoms with van der Waals surface area (Å²) in [6, 6.07) is 22.5. The van der Waals surface area contributed by atoms with Gasteiger partial charge in [0.05, 0.1) is 18.1 Å². The summed E-state index contributed by atoms with van der Waals surface area (Å²) >= 11 is 0. The van der Waals surface area contributed by atoms with Gasteiger partial charge in [0.2, 0.25) is 15.9 Å². The lowest BCUT2D eigenvalue weighted by Crippen LogP contribution is -2.45. The average Bonchev–Trinajstić information content (AvgIpc) is 2.85. The van der Waals surface area contributed by atoms with Crippen LogP contribution in [-0.4, -0.2) is 46.7 Å². The highest BCUT2D eigenvalue weighted by atomic mass is 32.2. The number of amides is 1. The zero-order chi connectivity index (χ0) is 24.0. The van der Waals surface area contributed by atoms with E-state index in [2.05, 4.69) is 14.9 Å². The molecule has 0 radical (unpaired) electrons. The first-order valence-corrected chi connectivity index (χ1v) is 12.8. The number of hydrogen-bond donors (Lipinski definition) is 2. The largest absolute Gasteiger partial charge is 0.378 e. The molecular formula is C26H29N3O4S. The Labute approximate surface area is 200 Å². The minimum Gasteiger partial charge on any atom is -0.378 e. The van der Waals surface area contributed by atoms with Crippen LogP contribution in [0.1, 0.15) is 11.1 Å². The molecule has 3 aromatic rings. The smallest absolute Gasteiger partial charge is 0.242 e. The Kier molecular flexibility index (Phi) is 7.62. The molecule has 4 rings (SSSR count). The van der Waals surface area contributed by atoms with Crippen molar-refractivity contribution < 1.29 is 17.9 Å². The SMILES string of the molecule is Cc1ccc(S(=O)(=O)NC(Cc2ccccc2)C(=O)Nc2ccc(N3CCOCC3)cc2)cc1. The van der Waals surface area contributed by atoms with Crippen LogP contribution in [0.3, 0.4) is 0 Å². The monoisotopic (exact) mass is 479 g/mol. The predicted molar refractivity (Wildman–Crippen MR) is 134 cm³/mol. The molecule has 1 aliphatic rings. The number of ether oxygens (including phenoxy) is 1. The average molecular weight is 480 g/mol. The predicted octanol–water partition coefficient (Wildman–Crippen LogP) is 3.36. The maximum Gasteiger partial charge on any atom is 0.242 e. The molecule has 0 aromatic heterocycles. The van der Waals surface area contributed by atoms with E-state index in [1.54, 1.807) is 24.3 Å². The molecule has 1 unspecified atom stereocenters. The summed E-state index contributed by atoms with van der Waals surface area (Å²) in [6.45, 7) is 4.93. The van der Waals surface area contributed by atoms with E-state index < -0.39 is 22.0 Å². The third-order valence-electron chi connectivity index (χ3n) is 5.74. The van der Waals surface area contributed by atoms with Crippen molar-refractivity contribution in [3.8, 4) is 0 Å². The second-order valence-corrected chi connectivity index (χ2v) is 10.0. The van der Waals surface area contributed by atoms with Gasteiger partial charge >= 0.3 is 0 Å². The Hall–Kier alpha value is -3.20. The lowest BCUT2D eigenvalue weighted by Gasteiger charge is -2.29. The first-order valence-electron chi connectivity index (χ1n) is 11.3. The van der Waals surface area contributed by atoms with Crippen molar-refractivity contribution >= 4 is 27.3 Å². The van der Waals surface area contributed by atoms with E-state index in [0.717, 1.165) is 29.9 Å². The Morgan fingerprint density at radius 1 is 0.941 bits per heavy atom. The van der Waals surface area contributed by atoms with Crippen LogP contribution in [0.2, 0.25) is 0 Å². The topological polar surface area (TPSA) is 87.7 Å². The summed E-state index contributed by atoms with van der Waals surface area (Å²) in [7, 11) is -3.88. The zero-order valence-corrected chi connectivity index (χ0v) is 19.9. The van der Waals surface area contributed by atoms with Gasteiger partial charge in [-0.2, -0.15) is 4.72 Å². The molecular weight excluding hydrogens is 450 g/mol. The van der Waals surface area contributed by atoms with E-state index in [9.17, 15) is 13.2 Å². The van der Waals surface area contributed by atoms with Crippen molar-refractivity contribution in [2.24, 2.45) is 0 Å². The molecule has 1 saturated heterocycles. The van der Waals surface area contributed by atoms with Gasteiger partial charge < -0.3 is 15.0 Å². The Balaban J connectivity index is 1.51. The molecule has 1 atom stereocenters. The number of nitrogens with one attached hydrogen (secondary N) is 2.